The lowest BCUT2D eigenvalue weighted by atomic mass is 10.1. The van der Waals surface area contributed by atoms with Crippen LogP contribution in [-0.2, 0) is 5.75 Å². The Morgan fingerprint density at radius 1 is 1.26 bits per heavy atom. The minimum Gasteiger partial charge on any atom is -0.398 e. The zero-order valence-electron chi connectivity index (χ0n) is 9.86. The number of nitrogens with zero attached hydrogens (tertiary/aromatic N) is 1. The first kappa shape index (κ1) is 13.9. The van der Waals surface area contributed by atoms with Gasteiger partial charge in [0.05, 0.1) is 5.56 Å². The molecule has 19 heavy (non-hydrogen) atoms. The second-order valence-corrected chi connectivity index (χ2v) is 5.83. The fraction of sp³-hybridized carbons (Fsp3) is 0.0714. The number of nitrogen functional groups attached to an aromatic ring is 1. The Morgan fingerprint density at radius 3 is 2.79 bits per heavy atom. The highest BCUT2D eigenvalue weighted by Gasteiger charge is 2.05. The molecule has 0 heterocycles. The molecule has 0 atom stereocenters. The van der Waals surface area contributed by atoms with E-state index in [0.717, 1.165) is 14.9 Å². The summed E-state index contributed by atoms with van der Waals surface area (Å²) in [6.07, 6.45) is 0. The molecule has 0 saturated carbocycles. The molecule has 2 aromatic rings. The van der Waals surface area contributed by atoms with Gasteiger partial charge < -0.3 is 5.73 Å². The molecule has 0 aliphatic heterocycles. The Labute approximate surface area is 123 Å². The van der Waals surface area contributed by atoms with Crippen molar-refractivity contribution >= 4 is 33.4 Å². The highest BCUT2D eigenvalue weighted by atomic mass is 79.9. The van der Waals surface area contributed by atoms with E-state index in [1.54, 1.807) is 23.9 Å². The molecule has 0 unspecified atom stereocenters. The summed E-state index contributed by atoms with van der Waals surface area (Å²) in [7, 11) is 0. The molecule has 2 aromatic carbocycles. The van der Waals surface area contributed by atoms with Gasteiger partial charge in [0, 0.05) is 20.8 Å². The van der Waals surface area contributed by atoms with E-state index in [4.69, 9.17) is 11.0 Å². The number of halogens is 2. The maximum absolute atomic E-state index is 13.2. The van der Waals surface area contributed by atoms with Crippen LogP contribution in [0.1, 0.15) is 11.1 Å². The Morgan fingerprint density at radius 2 is 2.05 bits per heavy atom. The van der Waals surface area contributed by atoms with Crippen molar-refractivity contribution in [1.82, 2.24) is 0 Å². The molecule has 0 spiro atoms. The van der Waals surface area contributed by atoms with Crippen LogP contribution in [0.25, 0.3) is 0 Å². The fourth-order valence-corrected chi connectivity index (χ4v) is 3.00. The van der Waals surface area contributed by atoms with E-state index >= 15 is 0 Å². The van der Waals surface area contributed by atoms with Gasteiger partial charge in [-0.1, -0.05) is 22.0 Å². The van der Waals surface area contributed by atoms with Crippen molar-refractivity contribution < 1.29 is 4.39 Å². The van der Waals surface area contributed by atoms with E-state index in [1.165, 1.54) is 6.07 Å². The fourth-order valence-electron chi connectivity index (χ4n) is 1.54. The monoisotopic (exact) mass is 336 g/mol. The maximum Gasteiger partial charge on any atom is 0.140 e. The van der Waals surface area contributed by atoms with Crippen molar-refractivity contribution in [3.8, 4) is 6.07 Å². The number of rotatable bonds is 3. The molecule has 2 N–H and O–H groups in total. The van der Waals surface area contributed by atoms with Crippen LogP contribution in [0.3, 0.4) is 0 Å². The third-order valence-electron chi connectivity index (χ3n) is 2.52. The first-order valence-corrected chi connectivity index (χ1v) is 7.24. The van der Waals surface area contributed by atoms with E-state index in [9.17, 15) is 4.39 Å². The van der Waals surface area contributed by atoms with Gasteiger partial charge >= 0.3 is 0 Å². The van der Waals surface area contributed by atoms with Crippen molar-refractivity contribution in [2.45, 2.75) is 10.6 Å². The second kappa shape index (κ2) is 6.09. The van der Waals surface area contributed by atoms with E-state index < -0.39 is 5.82 Å². The average molecular weight is 337 g/mol. The van der Waals surface area contributed by atoms with Crippen LogP contribution < -0.4 is 5.73 Å². The summed E-state index contributed by atoms with van der Waals surface area (Å²) in [5, 5.41) is 8.79. The number of thioether (sulfide) groups is 1. The SMILES string of the molecule is N#Cc1cc(CSc2cc(Br)ccc2N)ccc1F. The lowest BCUT2D eigenvalue weighted by Crippen LogP contribution is -1.90. The van der Waals surface area contributed by atoms with Gasteiger partial charge in [0.2, 0.25) is 0 Å². The molecular weight excluding hydrogens is 327 g/mol. The van der Waals surface area contributed by atoms with Crippen LogP contribution in [0.5, 0.6) is 0 Å². The average Bonchev–Trinajstić information content (AvgIpc) is 2.41. The number of hydrogen-bond acceptors (Lipinski definition) is 3. The molecule has 5 heteroatoms. The van der Waals surface area contributed by atoms with Crippen molar-refractivity contribution in [3.63, 3.8) is 0 Å². The van der Waals surface area contributed by atoms with Gasteiger partial charge in [0.1, 0.15) is 11.9 Å². The molecule has 0 aliphatic rings. The summed E-state index contributed by atoms with van der Waals surface area (Å²) in [5.41, 5.74) is 7.55. The molecule has 2 nitrogen and oxygen atoms in total. The first-order chi connectivity index (χ1) is 9.10. The summed E-state index contributed by atoms with van der Waals surface area (Å²) in [5.74, 6) is 0.147. The quantitative estimate of drug-likeness (QED) is 0.670. The molecule has 0 radical (unpaired) electrons. The summed E-state index contributed by atoms with van der Waals surface area (Å²) in [4.78, 5) is 0.956. The van der Waals surface area contributed by atoms with E-state index in [0.29, 0.717) is 11.4 Å². The minimum atomic E-state index is -0.488. The van der Waals surface area contributed by atoms with Gasteiger partial charge in [-0.05, 0) is 35.9 Å². The van der Waals surface area contributed by atoms with E-state index in [-0.39, 0.29) is 5.56 Å². The summed E-state index contributed by atoms with van der Waals surface area (Å²) >= 11 is 4.95. The minimum absolute atomic E-state index is 0.0697. The third kappa shape index (κ3) is 3.49. The van der Waals surface area contributed by atoms with Crippen molar-refractivity contribution in [2.24, 2.45) is 0 Å². The third-order valence-corrected chi connectivity index (χ3v) is 4.16. The van der Waals surface area contributed by atoms with Crippen molar-refractivity contribution in [3.05, 3.63) is 57.8 Å². The van der Waals surface area contributed by atoms with Gasteiger partial charge in [-0.2, -0.15) is 5.26 Å². The van der Waals surface area contributed by atoms with Gasteiger partial charge in [-0.25, -0.2) is 4.39 Å². The predicted molar refractivity (Wildman–Crippen MR) is 79.2 cm³/mol. The van der Waals surface area contributed by atoms with Crippen LogP contribution in [0, 0.1) is 17.1 Å². The van der Waals surface area contributed by atoms with Gasteiger partial charge in [-0.15, -0.1) is 11.8 Å². The zero-order valence-corrected chi connectivity index (χ0v) is 12.3. The number of anilines is 1. The predicted octanol–water partition coefficient (Wildman–Crippen LogP) is 4.33. The molecule has 0 aromatic heterocycles. The summed E-state index contributed by atoms with van der Waals surface area (Å²) in [6, 6.07) is 12.1. The normalized spacial score (nSPS) is 10.2. The number of nitrogens with two attached hydrogens (primary N) is 1. The number of nitriles is 1. The highest BCUT2D eigenvalue weighted by Crippen LogP contribution is 2.31. The van der Waals surface area contributed by atoms with Crippen molar-refractivity contribution in [1.29, 1.82) is 5.26 Å². The van der Waals surface area contributed by atoms with Gasteiger partial charge in [0.15, 0.2) is 0 Å². The Balaban J connectivity index is 2.15. The highest BCUT2D eigenvalue weighted by molar-refractivity contribution is 9.10. The molecule has 0 saturated heterocycles. The standard InChI is InChI=1S/C14H10BrFN2S/c15-11-2-4-13(18)14(6-11)19-8-9-1-3-12(16)10(5-9)7-17/h1-6H,8,18H2. The van der Waals surface area contributed by atoms with Crippen LogP contribution in [0.4, 0.5) is 10.1 Å². The van der Waals surface area contributed by atoms with Crippen LogP contribution in [-0.4, -0.2) is 0 Å². The summed E-state index contributed by atoms with van der Waals surface area (Å²) < 4.78 is 14.2. The van der Waals surface area contributed by atoms with Crippen molar-refractivity contribution in [2.75, 3.05) is 5.73 Å². The van der Waals surface area contributed by atoms with Crippen LogP contribution in [0.2, 0.25) is 0 Å². The van der Waals surface area contributed by atoms with Crippen LogP contribution in [0.15, 0.2) is 45.8 Å². The molecule has 0 bridgehead atoms. The topological polar surface area (TPSA) is 49.8 Å². The van der Waals surface area contributed by atoms with E-state index in [2.05, 4.69) is 15.9 Å². The van der Waals surface area contributed by atoms with Gasteiger partial charge in [0.25, 0.3) is 0 Å². The molecule has 2 rings (SSSR count). The molecule has 0 aliphatic carbocycles. The Bertz CT molecular complexity index is 652. The Kier molecular flexibility index (Phi) is 4.46. The van der Waals surface area contributed by atoms with E-state index in [1.807, 2.05) is 24.3 Å². The lowest BCUT2D eigenvalue weighted by Gasteiger charge is -2.06. The number of benzene rings is 2. The second-order valence-electron chi connectivity index (χ2n) is 3.90. The molecule has 0 amide bonds. The smallest absolute Gasteiger partial charge is 0.140 e. The molecule has 0 fully saturated rings. The molecular formula is C14H10BrFN2S. The largest absolute Gasteiger partial charge is 0.398 e. The lowest BCUT2D eigenvalue weighted by molar-refractivity contribution is 0.623. The first-order valence-electron chi connectivity index (χ1n) is 5.46. The summed E-state index contributed by atoms with van der Waals surface area (Å²) in [6.45, 7) is 0. The van der Waals surface area contributed by atoms with Crippen LogP contribution >= 0.6 is 27.7 Å². The van der Waals surface area contributed by atoms with Gasteiger partial charge in [-0.3, -0.25) is 0 Å². The number of hydrogen-bond donors (Lipinski definition) is 1. The zero-order chi connectivity index (χ0) is 13.8. The Hall–Kier alpha value is -1.51. The molecule has 96 valence electrons. The maximum atomic E-state index is 13.2.